The summed E-state index contributed by atoms with van der Waals surface area (Å²) in [5.74, 6) is -2.60. The Balaban J connectivity index is 1.45. The highest BCUT2D eigenvalue weighted by Gasteiger charge is 2.47. The van der Waals surface area contributed by atoms with Crippen LogP contribution in [0.3, 0.4) is 0 Å². The van der Waals surface area contributed by atoms with E-state index in [0.717, 1.165) is 44.5 Å². The number of rotatable bonds is 2. The van der Waals surface area contributed by atoms with Gasteiger partial charge in [0.25, 0.3) is 0 Å². The predicted octanol–water partition coefficient (Wildman–Crippen LogP) is 3.91. The van der Waals surface area contributed by atoms with E-state index in [9.17, 15) is 14.4 Å². The first-order valence-corrected chi connectivity index (χ1v) is 9.32. The molecule has 0 aliphatic heterocycles. The number of carbonyl (C=O) groups excluding carboxylic acids is 3. The first-order valence-electron chi connectivity index (χ1n) is 9.32. The lowest BCUT2D eigenvalue weighted by Gasteiger charge is -2.37. The first kappa shape index (κ1) is 15.5. The van der Waals surface area contributed by atoms with E-state index in [4.69, 9.17) is 0 Å². The molecule has 4 aliphatic rings. The molecule has 0 spiro atoms. The topological polar surface area (TPSA) is 51.2 Å². The van der Waals surface area contributed by atoms with Gasteiger partial charge in [0.05, 0.1) is 0 Å². The molecule has 0 saturated heterocycles. The second kappa shape index (κ2) is 5.23. The van der Waals surface area contributed by atoms with Gasteiger partial charge >= 0.3 is 0 Å². The minimum absolute atomic E-state index is 0.240. The van der Waals surface area contributed by atoms with Gasteiger partial charge in [-0.25, -0.2) is 0 Å². The fourth-order valence-electron chi connectivity index (χ4n) is 4.88. The summed E-state index contributed by atoms with van der Waals surface area (Å²) in [4.78, 5) is 39.1. The van der Waals surface area contributed by atoms with Crippen molar-refractivity contribution in [3.8, 4) is 0 Å². The highest BCUT2D eigenvalue weighted by atomic mass is 16.2. The average Bonchev–Trinajstić information content (AvgIpc) is 2.70. The van der Waals surface area contributed by atoms with Gasteiger partial charge in [-0.1, -0.05) is 60.7 Å². The summed E-state index contributed by atoms with van der Waals surface area (Å²) in [6.45, 7) is 0. The third-order valence-electron chi connectivity index (χ3n) is 6.14. The van der Waals surface area contributed by atoms with Crippen molar-refractivity contribution in [3.63, 3.8) is 0 Å². The molecule has 132 valence electrons. The van der Waals surface area contributed by atoms with E-state index in [0.29, 0.717) is 0 Å². The number of hydrogen-bond acceptors (Lipinski definition) is 3. The van der Waals surface area contributed by atoms with E-state index < -0.39 is 11.8 Å². The van der Waals surface area contributed by atoms with Crippen LogP contribution in [0, 0.1) is 11.8 Å². The summed E-state index contributed by atoms with van der Waals surface area (Å²) >= 11 is 0. The van der Waals surface area contributed by atoms with Crippen LogP contribution in [-0.4, -0.2) is 17.3 Å². The number of Topliss-reactive ketones (excluding diaryl/α,β-unsaturated/α-hetero) is 1. The van der Waals surface area contributed by atoms with Gasteiger partial charge in [0.15, 0.2) is 17.3 Å². The lowest BCUT2D eigenvalue weighted by atomic mass is 9.63. The smallest absolute Gasteiger partial charge is 0.170 e. The molecule has 0 saturated carbocycles. The van der Waals surface area contributed by atoms with Gasteiger partial charge < -0.3 is 0 Å². The molecule has 0 bridgehead atoms. The van der Waals surface area contributed by atoms with Crippen molar-refractivity contribution in [2.24, 2.45) is 11.8 Å². The molecule has 2 unspecified atom stereocenters. The Morgan fingerprint density at radius 3 is 1.39 bits per heavy atom. The average molecular weight is 362 g/mol. The Bertz CT molecular complexity index is 1170. The number of carbonyl (C=O) groups is 3. The number of hydrogen-bond donors (Lipinski definition) is 0. The Hall–Kier alpha value is -3.59. The molecule has 4 aliphatic carbocycles. The van der Waals surface area contributed by atoms with Crippen molar-refractivity contribution in [2.75, 3.05) is 0 Å². The second-order valence-electron chi connectivity index (χ2n) is 7.49. The van der Waals surface area contributed by atoms with E-state index in [1.807, 2.05) is 48.5 Å². The largest absolute Gasteiger partial charge is 0.297 e. The molecule has 6 rings (SSSR count). The van der Waals surface area contributed by atoms with E-state index in [2.05, 4.69) is 0 Å². The van der Waals surface area contributed by atoms with Crippen LogP contribution in [0.25, 0.3) is 22.3 Å². The zero-order valence-electron chi connectivity index (χ0n) is 14.8. The van der Waals surface area contributed by atoms with E-state index in [1.165, 1.54) is 12.2 Å². The Morgan fingerprint density at radius 2 is 0.964 bits per heavy atom. The summed E-state index contributed by atoms with van der Waals surface area (Å²) in [5.41, 5.74) is 7.42. The van der Waals surface area contributed by atoms with E-state index in [-0.39, 0.29) is 17.3 Å². The van der Waals surface area contributed by atoms with E-state index in [1.54, 1.807) is 12.2 Å². The minimum atomic E-state index is -0.906. The van der Waals surface area contributed by atoms with Gasteiger partial charge in [-0.15, -0.1) is 0 Å². The van der Waals surface area contributed by atoms with Crippen LogP contribution in [0.4, 0.5) is 0 Å². The molecular weight excluding hydrogens is 348 g/mol. The molecule has 0 fully saturated rings. The molecule has 0 amide bonds. The van der Waals surface area contributed by atoms with Crippen molar-refractivity contribution >= 4 is 39.6 Å². The lowest BCUT2D eigenvalue weighted by Crippen LogP contribution is -2.39. The quantitative estimate of drug-likeness (QED) is 0.761. The molecule has 0 N–H and O–H groups in total. The monoisotopic (exact) mass is 362 g/mol. The summed E-state index contributed by atoms with van der Waals surface area (Å²) in [6.07, 6.45) is 6.53. The van der Waals surface area contributed by atoms with Crippen LogP contribution < -0.4 is 0 Å². The predicted molar refractivity (Wildman–Crippen MR) is 107 cm³/mol. The highest BCUT2D eigenvalue weighted by molar-refractivity contribution is 6.35. The van der Waals surface area contributed by atoms with Crippen molar-refractivity contribution < 1.29 is 14.4 Å². The van der Waals surface area contributed by atoms with Gasteiger partial charge in [0, 0.05) is 0 Å². The van der Waals surface area contributed by atoms with Crippen molar-refractivity contribution in [3.05, 3.63) is 95.1 Å². The number of allylic oxidation sites excluding steroid dienone is 8. The third kappa shape index (κ3) is 1.76. The molecule has 0 aromatic heterocycles. The Morgan fingerprint density at radius 1 is 0.571 bits per heavy atom. The van der Waals surface area contributed by atoms with Crippen LogP contribution in [0.1, 0.15) is 22.3 Å². The SMILES string of the molecule is O=C1C=CC2=C(c3ccccc32)C1C(=O)C1C(=O)C=CC2=C1c1ccccc12. The summed E-state index contributed by atoms with van der Waals surface area (Å²) < 4.78 is 0. The highest BCUT2D eigenvalue weighted by Crippen LogP contribution is 2.52. The van der Waals surface area contributed by atoms with Gasteiger partial charge in [0.1, 0.15) is 11.8 Å². The summed E-state index contributed by atoms with van der Waals surface area (Å²) in [5, 5.41) is 0. The molecule has 0 heterocycles. The Kier molecular flexibility index (Phi) is 2.89. The van der Waals surface area contributed by atoms with Crippen molar-refractivity contribution in [2.45, 2.75) is 0 Å². The summed E-state index contributed by atoms with van der Waals surface area (Å²) in [6, 6.07) is 15.6. The van der Waals surface area contributed by atoms with Gasteiger partial charge in [-0.3, -0.25) is 14.4 Å². The summed E-state index contributed by atoms with van der Waals surface area (Å²) in [7, 11) is 0. The minimum Gasteiger partial charge on any atom is -0.297 e. The molecule has 3 nitrogen and oxygen atoms in total. The standard InChI is InChI=1S/C25H14O3/c26-19-11-9-17-13-5-1-3-7-15(13)21(17)23(19)25(28)24-20(27)12-10-18-14-6-2-4-8-16(14)22(18)24/h1-12,23-24H. The third-order valence-corrected chi connectivity index (χ3v) is 6.14. The maximum Gasteiger partial charge on any atom is 0.170 e. The molecule has 3 heteroatoms. The zero-order valence-corrected chi connectivity index (χ0v) is 14.8. The molecule has 2 aromatic carbocycles. The van der Waals surface area contributed by atoms with Crippen molar-refractivity contribution in [1.82, 2.24) is 0 Å². The zero-order chi connectivity index (χ0) is 19.0. The number of ketones is 3. The van der Waals surface area contributed by atoms with Crippen LogP contribution in [0.2, 0.25) is 0 Å². The number of benzene rings is 2. The normalized spacial score (nSPS) is 23.4. The van der Waals surface area contributed by atoms with Crippen LogP contribution in [-0.2, 0) is 14.4 Å². The molecule has 2 aromatic rings. The molecule has 2 atom stereocenters. The van der Waals surface area contributed by atoms with Crippen molar-refractivity contribution in [1.29, 1.82) is 0 Å². The van der Waals surface area contributed by atoms with Gasteiger partial charge in [-0.2, -0.15) is 0 Å². The van der Waals surface area contributed by atoms with Gasteiger partial charge in [0.2, 0.25) is 0 Å². The molecule has 0 radical (unpaired) electrons. The Labute approximate surface area is 161 Å². The fraction of sp³-hybridized carbons (Fsp3) is 0.0800. The molecular formula is C25H14O3. The fourth-order valence-corrected chi connectivity index (χ4v) is 4.88. The number of fused-ring (bicyclic) bond motifs is 6. The second-order valence-corrected chi connectivity index (χ2v) is 7.49. The van der Waals surface area contributed by atoms with Crippen LogP contribution >= 0.6 is 0 Å². The van der Waals surface area contributed by atoms with E-state index >= 15 is 0 Å². The maximum absolute atomic E-state index is 13.6. The first-order chi connectivity index (χ1) is 13.7. The molecule has 28 heavy (non-hydrogen) atoms. The van der Waals surface area contributed by atoms with Crippen LogP contribution in [0.5, 0.6) is 0 Å². The maximum atomic E-state index is 13.6. The lowest BCUT2D eigenvalue weighted by molar-refractivity contribution is -0.132. The van der Waals surface area contributed by atoms with Gasteiger partial charge in [-0.05, 0) is 56.7 Å². The van der Waals surface area contributed by atoms with Crippen LogP contribution in [0.15, 0.2) is 72.8 Å².